The van der Waals surface area contributed by atoms with Crippen molar-refractivity contribution in [1.29, 1.82) is 0 Å². The Morgan fingerprint density at radius 3 is 2.85 bits per heavy atom. The number of anilines is 1. The molecule has 1 fully saturated rings. The van der Waals surface area contributed by atoms with E-state index in [1.54, 1.807) is 13.2 Å². The molecule has 6 heteroatoms. The molecule has 1 aromatic carbocycles. The number of carbonyl (C=O) groups excluding carboxylic acids is 1. The van der Waals surface area contributed by atoms with Crippen LogP contribution in [0.5, 0.6) is 0 Å². The summed E-state index contributed by atoms with van der Waals surface area (Å²) in [6.45, 7) is 3.52. The molecule has 6 nitrogen and oxygen atoms in total. The van der Waals surface area contributed by atoms with Gasteiger partial charge in [0.05, 0.1) is 10.5 Å². The van der Waals surface area contributed by atoms with Crippen molar-refractivity contribution in [2.24, 2.45) is 0 Å². The summed E-state index contributed by atoms with van der Waals surface area (Å²) in [5, 5.41) is 10.8. The minimum absolute atomic E-state index is 0.0673. The summed E-state index contributed by atoms with van der Waals surface area (Å²) in [7, 11) is 1.68. The Kier molecular flexibility index (Phi) is 4.04. The number of carbonyl (C=O) groups is 1. The highest BCUT2D eigenvalue weighted by Gasteiger charge is 2.31. The molecule has 108 valence electrons. The minimum atomic E-state index is -0.494. The molecule has 0 bridgehead atoms. The van der Waals surface area contributed by atoms with Gasteiger partial charge in [-0.05, 0) is 25.8 Å². The molecular formula is C14H18N2O4. The Morgan fingerprint density at radius 2 is 2.25 bits per heavy atom. The summed E-state index contributed by atoms with van der Waals surface area (Å²) < 4.78 is 5.53. The Labute approximate surface area is 117 Å². The van der Waals surface area contributed by atoms with Gasteiger partial charge in [0.2, 0.25) is 0 Å². The Hall–Kier alpha value is -1.95. The molecule has 0 aromatic heterocycles. The second-order valence-corrected chi connectivity index (χ2v) is 5.30. The van der Waals surface area contributed by atoms with Crippen LogP contribution in [0.4, 0.5) is 11.4 Å². The van der Waals surface area contributed by atoms with Gasteiger partial charge in [0.25, 0.3) is 5.69 Å². The fourth-order valence-corrected chi connectivity index (χ4v) is 2.62. The maximum atomic E-state index is 11.2. The maximum Gasteiger partial charge on any atom is 0.270 e. The van der Waals surface area contributed by atoms with Crippen LogP contribution in [-0.2, 0) is 4.74 Å². The van der Waals surface area contributed by atoms with Crippen LogP contribution in [0.3, 0.4) is 0 Å². The monoisotopic (exact) mass is 278 g/mol. The number of rotatable bonds is 4. The summed E-state index contributed by atoms with van der Waals surface area (Å²) in [5.41, 5.74) is 0.760. The molecule has 1 atom stereocenters. The number of nitro groups is 1. The molecule has 0 N–H and O–H groups in total. The molecule has 0 radical (unpaired) electrons. The molecular weight excluding hydrogens is 260 g/mol. The average molecular weight is 278 g/mol. The van der Waals surface area contributed by atoms with E-state index in [4.69, 9.17) is 4.74 Å². The molecule has 1 heterocycles. The third-order valence-corrected chi connectivity index (χ3v) is 3.84. The van der Waals surface area contributed by atoms with Gasteiger partial charge in [0.15, 0.2) is 6.29 Å². The van der Waals surface area contributed by atoms with Crippen LogP contribution in [-0.4, -0.2) is 37.0 Å². The van der Waals surface area contributed by atoms with E-state index in [0.29, 0.717) is 18.4 Å². The number of non-ortho nitro benzene ring substituents is 1. The molecule has 20 heavy (non-hydrogen) atoms. The van der Waals surface area contributed by atoms with E-state index in [1.807, 2.05) is 6.92 Å². The van der Waals surface area contributed by atoms with Gasteiger partial charge < -0.3 is 9.64 Å². The summed E-state index contributed by atoms with van der Waals surface area (Å²) >= 11 is 0. The first-order valence-corrected chi connectivity index (χ1v) is 6.53. The highest BCUT2D eigenvalue weighted by atomic mass is 16.6. The van der Waals surface area contributed by atoms with E-state index in [-0.39, 0.29) is 11.3 Å². The summed E-state index contributed by atoms with van der Waals surface area (Å²) in [4.78, 5) is 23.5. The third kappa shape index (κ3) is 2.80. The standard InChI is InChI=1S/C14H18N2O4/c1-14(20-2)6-3-7-15(10-14)13-5-4-12(16(18)19)8-11(13)9-17/h4-5,8-9H,3,6-7,10H2,1-2H3. The molecule has 0 spiro atoms. The van der Waals surface area contributed by atoms with E-state index < -0.39 is 4.92 Å². The van der Waals surface area contributed by atoms with Gasteiger partial charge in [-0.15, -0.1) is 0 Å². The largest absolute Gasteiger partial charge is 0.377 e. The van der Waals surface area contributed by atoms with Crippen molar-refractivity contribution in [3.05, 3.63) is 33.9 Å². The van der Waals surface area contributed by atoms with Crippen molar-refractivity contribution < 1.29 is 14.5 Å². The predicted molar refractivity (Wildman–Crippen MR) is 75.3 cm³/mol. The number of nitro benzene ring substituents is 1. The average Bonchev–Trinajstić information content (AvgIpc) is 2.46. The van der Waals surface area contributed by atoms with Crippen LogP contribution in [0.2, 0.25) is 0 Å². The number of benzene rings is 1. The summed E-state index contributed by atoms with van der Waals surface area (Å²) in [5.74, 6) is 0. The predicted octanol–water partition coefficient (Wildman–Crippen LogP) is 2.41. The lowest BCUT2D eigenvalue weighted by molar-refractivity contribution is -0.384. The molecule has 1 aromatic rings. The molecule has 0 amide bonds. The van der Waals surface area contributed by atoms with E-state index in [9.17, 15) is 14.9 Å². The van der Waals surface area contributed by atoms with Gasteiger partial charge in [0.1, 0.15) is 0 Å². The number of hydrogen-bond donors (Lipinski definition) is 0. The van der Waals surface area contributed by atoms with Gasteiger partial charge in [-0.1, -0.05) is 0 Å². The number of hydrogen-bond acceptors (Lipinski definition) is 5. The second-order valence-electron chi connectivity index (χ2n) is 5.30. The zero-order valence-corrected chi connectivity index (χ0v) is 11.7. The van der Waals surface area contributed by atoms with E-state index in [2.05, 4.69) is 4.90 Å². The van der Waals surface area contributed by atoms with Crippen LogP contribution in [0.15, 0.2) is 18.2 Å². The molecule has 2 rings (SSSR count). The Balaban J connectivity index is 2.32. The number of piperidine rings is 1. The zero-order chi connectivity index (χ0) is 14.8. The van der Waals surface area contributed by atoms with Crippen LogP contribution >= 0.6 is 0 Å². The van der Waals surface area contributed by atoms with Gasteiger partial charge in [-0.25, -0.2) is 0 Å². The van der Waals surface area contributed by atoms with Crippen LogP contribution in [0, 0.1) is 10.1 Å². The fraction of sp³-hybridized carbons (Fsp3) is 0.500. The number of nitrogens with zero attached hydrogens (tertiary/aromatic N) is 2. The van der Waals surface area contributed by atoms with Crippen molar-refractivity contribution in [2.45, 2.75) is 25.4 Å². The minimum Gasteiger partial charge on any atom is -0.377 e. The maximum absolute atomic E-state index is 11.2. The quantitative estimate of drug-likeness (QED) is 0.480. The first kappa shape index (κ1) is 14.5. The second kappa shape index (κ2) is 5.58. The van der Waals surface area contributed by atoms with Gasteiger partial charge >= 0.3 is 0 Å². The van der Waals surface area contributed by atoms with Crippen molar-refractivity contribution >= 4 is 17.7 Å². The number of ether oxygens (including phenoxy) is 1. The van der Waals surface area contributed by atoms with Crippen molar-refractivity contribution in [3.8, 4) is 0 Å². The van der Waals surface area contributed by atoms with E-state index in [1.165, 1.54) is 12.1 Å². The Bertz CT molecular complexity index is 532. The van der Waals surface area contributed by atoms with Gasteiger partial charge in [0, 0.05) is 43.6 Å². The van der Waals surface area contributed by atoms with Crippen molar-refractivity contribution in [2.75, 3.05) is 25.1 Å². The van der Waals surface area contributed by atoms with E-state index >= 15 is 0 Å². The molecule has 1 saturated heterocycles. The van der Waals surface area contributed by atoms with Crippen LogP contribution < -0.4 is 4.90 Å². The van der Waals surface area contributed by atoms with E-state index in [0.717, 1.165) is 25.1 Å². The smallest absolute Gasteiger partial charge is 0.270 e. The molecule has 1 unspecified atom stereocenters. The topological polar surface area (TPSA) is 72.7 Å². The highest BCUT2D eigenvalue weighted by molar-refractivity contribution is 5.86. The van der Waals surface area contributed by atoms with Gasteiger partial charge in [-0.3, -0.25) is 14.9 Å². The SMILES string of the molecule is COC1(C)CCCN(c2ccc([N+](=O)[O-])cc2C=O)C1. The normalized spacial score (nSPS) is 22.6. The van der Waals surface area contributed by atoms with Crippen LogP contribution in [0.1, 0.15) is 30.1 Å². The third-order valence-electron chi connectivity index (χ3n) is 3.84. The lowest BCUT2D eigenvalue weighted by Gasteiger charge is -2.41. The Morgan fingerprint density at radius 1 is 1.50 bits per heavy atom. The molecule has 0 saturated carbocycles. The summed E-state index contributed by atoms with van der Waals surface area (Å²) in [6.07, 6.45) is 2.59. The molecule has 1 aliphatic heterocycles. The highest BCUT2D eigenvalue weighted by Crippen LogP contribution is 2.31. The number of methoxy groups -OCH3 is 1. The summed E-state index contributed by atoms with van der Waals surface area (Å²) in [6, 6.07) is 4.39. The molecule has 1 aliphatic rings. The first-order chi connectivity index (χ1) is 9.49. The lowest BCUT2D eigenvalue weighted by Crippen LogP contribution is -2.47. The first-order valence-electron chi connectivity index (χ1n) is 6.53. The lowest BCUT2D eigenvalue weighted by atomic mass is 9.94. The van der Waals surface area contributed by atoms with Crippen molar-refractivity contribution in [1.82, 2.24) is 0 Å². The number of aldehydes is 1. The zero-order valence-electron chi connectivity index (χ0n) is 11.7. The van der Waals surface area contributed by atoms with Crippen LogP contribution in [0.25, 0.3) is 0 Å². The van der Waals surface area contributed by atoms with Gasteiger partial charge in [-0.2, -0.15) is 0 Å². The fourth-order valence-electron chi connectivity index (χ4n) is 2.62. The molecule has 0 aliphatic carbocycles. The van der Waals surface area contributed by atoms with Crippen molar-refractivity contribution in [3.63, 3.8) is 0 Å².